The van der Waals surface area contributed by atoms with Crippen molar-refractivity contribution < 1.29 is 9.84 Å². The fourth-order valence-electron chi connectivity index (χ4n) is 3.26. The molecular weight excluding hydrogens is 465 g/mol. The third-order valence-electron chi connectivity index (χ3n) is 4.85. The van der Waals surface area contributed by atoms with Crippen LogP contribution in [0.25, 0.3) is 22.0 Å². The third-order valence-corrected chi connectivity index (χ3v) is 6.81. The first-order valence-corrected chi connectivity index (χ1v) is 14.2. The molecule has 0 aliphatic heterocycles. The molecule has 0 saturated heterocycles. The van der Waals surface area contributed by atoms with E-state index in [4.69, 9.17) is 27.9 Å². The monoisotopic (exact) mass is 495 g/mol. The zero-order valence-corrected chi connectivity index (χ0v) is 21.8. The van der Waals surface area contributed by atoms with Crippen LogP contribution < -0.4 is 0 Å². The predicted molar refractivity (Wildman–Crippen MR) is 138 cm³/mol. The molecule has 0 amide bonds. The second-order valence-electron chi connectivity index (χ2n) is 9.20. The molecule has 3 aromatic rings. The quantitative estimate of drug-likeness (QED) is 0.341. The van der Waals surface area contributed by atoms with Crippen molar-refractivity contribution in [3.05, 3.63) is 40.3 Å². The number of hydrogen-bond donors (Lipinski definition) is 1. The van der Waals surface area contributed by atoms with Crippen LogP contribution in [0, 0.1) is 11.8 Å². The van der Waals surface area contributed by atoms with Crippen molar-refractivity contribution >= 4 is 44.1 Å². The highest BCUT2D eigenvalue weighted by molar-refractivity contribution is 8.32. The van der Waals surface area contributed by atoms with Gasteiger partial charge in [0.1, 0.15) is 12.3 Å². The van der Waals surface area contributed by atoms with Crippen molar-refractivity contribution in [1.29, 1.82) is 0 Å². The van der Waals surface area contributed by atoms with Crippen LogP contribution in [0.4, 0.5) is 0 Å². The molecule has 0 atom stereocenters. The van der Waals surface area contributed by atoms with Gasteiger partial charge in [0.05, 0.1) is 17.1 Å². The van der Waals surface area contributed by atoms with E-state index < -0.39 is 15.6 Å². The topological polar surface area (TPSA) is 52.2 Å². The lowest BCUT2D eigenvalue weighted by molar-refractivity contribution is 0.0810. The molecule has 1 N–H and O–H groups in total. The van der Waals surface area contributed by atoms with Crippen LogP contribution in [0.2, 0.25) is 10.2 Å². The van der Waals surface area contributed by atoms with Crippen molar-refractivity contribution in [2.45, 2.75) is 39.6 Å². The number of benzene rings is 1. The van der Waals surface area contributed by atoms with Gasteiger partial charge in [-0.3, -0.25) is 0 Å². The zero-order valence-electron chi connectivity index (χ0n) is 19.5. The Morgan fingerprint density at radius 3 is 2.50 bits per heavy atom. The number of aryl methyl sites for hydroxylation is 1. The molecule has 2 heterocycles. The number of nitrogens with zero attached hydrogens (tertiary/aromatic N) is 3. The molecule has 3 rings (SSSR count). The Kier molecular flexibility index (Phi) is 7.59. The van der Waals surface area contributed by atoms with Crippen molar-refractivity contribution in [3.8, 4) is 23.0 Å². The van der Waals surface area contributed by atoms with Crippen LogP contribution >= 0.6 is 33.2 Å². The number of aliphatic hydroxyl groups is 1. The summed E-state index contributed by atoms with van der Waals surface area (Å²) in [6.07, 6.45) is 10.8. The molecule has 8 heteroatoms. The standard InChI is InChI=1S/C24H31Cl2N3O2S/c1-7-28-14-19(18-12-17(8-9-24(2,3)30)13-21(25)22(18)28)20-15-29(27-23(20)26)16-31-10-11-32(4,5)6/h12-15,30H,7,10-11,16H2,1-6H3. The van der Waals surface area contributed by atoms with Gasteiger partial charge in [0, 0.05) is 46.8 Å². The number of rotatable bonds is 7. The van der Waals surface area contributed by atoms with Gasteiger partial charge in [0.2, 0.25) is 0 Å². The molecule has 0 radical (unpaired) electrons. The maximum Gasteiger partial charge on any atom is 0.159 e. The smallest absolute Gasteiger partial charge is 0.159 e. The van der Waals surface area contributed by atoms with E-state index in [1.807, 2.05) is 24.5 Å². The summed E-state index contributed by atoms with van der Waals surface area (Å²) in [5, 5.41) is 16.4. The fourth-order valence-corrected chi connectivity index (χ4v) is 4.45. The van der Waals surface area contributed by atoms with E-state index >= 15 is 0 Å². The van der Waals surface area contributed by atoms with Gasteiger partial charge in [0.15, 0.2) is 5.15 Å². The molecule has 0 aliphatic rings. The Bertz CT molecular complexity index is 1170. The maximum atomic E-state index is 9.96. The van der Waals surface area contributed by atoms with E-state index in [2.05, 4.69) is 47.2 Å². The Morgan fingerprint density at radius 2 is 1.88 bits per heavy atom. The van der Waals surface area contributed by atoms with Gasteiger partial charge in [0.25, 0.3) is 0 Å². The molecule has 174 valence electrons. The highest BCUT2D eigenvalue weighted by Gasteiger charge is 2.18. The number of hydrogen-bond acceptors (Lipinski definition) is 3. The molecule has 5 nitrogen and oxygen atoms in total. The van der Waals surface area contributed by atoms with Gasteiger partial charge < -0.3 is 14.4 Å². The molecule has 0 fully saturated rings. The average Bonchev–Trinajstić information content (AvgIpc) is 3.22. The lowest BCUT2D eigenvalue weighted by atomic mass is 10.0. The van der Waals surface area contributed by atoms with Crippen molar-refractivity contribution in [2.24, 2.45) is 0 Å². The molecule has 1 aromatic carbocycles. The zero-order chi connectivity index (χ0) is 23.7. The first-order chi connectivity index (χ1) is 14.9. The lowest BCUT2D eigenvalue weighted by Crippen LogP contribution is -2.14. The Morgan fingerprint density at radius 1 is 1.16 bits per heavy atom. The first kappa shape index (κ1) is 25.0. The van der Waals surface area contributed by atoms with Gasteiger partial charge in [-0.25, -0.2) is 14.7 Å². The highest BCUT2D eigenvalue weighted by Crippen LogP contribution is 2.38. The van der Waals surface area contributed by atoms with Crippen LogP contribution in [0.1, 0.15) is 26.3 Å². The summed E-state index contributed by atoms with van der Waals surface area (Å²) in [4.78, 5) is 0. The molecule has 0 aliphatic carbocycles. The summed E-state index contributed by atoms with van der Waals surface area (Å²) in [5.41, 5.74) is 2.32. The predicted octanol–water partition coefficient (Wildman–Crippen LogP) is 5.62. The summed E-state index contributed by atoms with van der Waals surface area (Å²) < 4.78 is 9.63. The largest absolute Gasteiger partial charge is 0.378 e. The molecule has 2 aromatic heterocycles. The van der Waals surface area contributed by atoms with Crippen LogP contribution in [0.5, 0.6) is 0 Å². The summed E-state index contributed by atoms with van der Waals surface area (Å²) in [5.74, 6) is 6.92. The van der Waals surface area contributed by atoms with E-state index in [1.54, 1.807) is 18.5 Å². The first-order valence-electron chi connectivity index (χ1n) is 10.4. The van der Waals surface area contributed by atoms with Crippen LogP contribution in [-0.4, -0.2) is 56.2 Å². The molecule has 0 saturated carbocycles. The summed E-state index contributed by atoms with van der Waals surface area (Å²) in [6.45, 7) is 7.17. The summed E-state index contributed by atoms with van der Waals surface area (Å²) in [6, 6.07) is 3.81. The van der Waals surface area contributed by atoms with Crippen LogP contribution in [-0.2, 0) is 18.0 Å². The third kappa shape index (κ3) is 6.24. The second-order valence-corrected chi connectivity index (χ2v) is 14.6. The van der Waals surface area contributed by atoms with E-state index in [0.717, 1.165) is 39.9 Å². The van der Waals surface area contributed by atoms with Gasteiger partial charge in [-0.05, 0) is 51.7 Å². The van der Waals surface area contributed by atoms with Crippen molar-refractivity contribution in [1.82, 2.24) is 14.3 Å². The lowest BCUT2D eigenvalue weighted by Gasteiger charge is -2.24. The van der Waals surface area contributed by atoms with Crippen LogP contribution in [0.3, 0.4) is 0 Å². The number of halogens is 2. The van der Waals surface area contributed by atoms with Gasteiger partial charge in [-0.1, -0.05) is 35.0 Å². The van der Waals surface area contributed by atoms with Crippen LogP contribution in [0.15, 0.2) is 24.5 Å². The minimum absolute atomic E-state index is 0.352. The minimum Gasteiger partial charge on any atom is -0.378 e. The maximum absolute atomic E-state index is 9.96. The van der Waals surface area contributed by atoms with Gasteiger partial charge in [-0.15, -0.1) is 0 Å². The minimum atomic E-state index is -1.08. The van der Waals surface area contributed by atoms with Crippen molar-refractivity contribution in [2.75, 3.05) is 31.1 Å². The van der Waals surface area contributed by atoms with Gasteiger partial charge in [-0.2, -0.15) is 5.10 Å². The van der Waals surface area contributed by atoms with E-state index in [-0.39, 0.29) is 0 Å². The summed E-state index contributed by atoms with van der Waals surface area (Å²) in [7, 11) is -0.594. The molecule has 0 unspecified atom stereocenters. The van der Waals surface area contributed by atoms with Crippen molar-refractivity contribution in [3.63, 3.8) is 0 Å². The number of ether oxygens (including phenoxy) is 1. The Hall–Kier alpha value is -1.62. The van der Waals surface area contributed by atoms with E-state index in [9.17, 15) is 5.11 Å². The fraction of sp³-hybridized carbons (Fsp3) is 0.458. The number of aromatic nitrogens is 3. The second kappa shape index (κ2) is 9.70. The molecule has 0 spiro atoms. The molecule has 32 heavy (non-hydrogen) atoms. The normalized spacial score (nSPS) is 12.8. The van der Waals surface area contributed by atoms with E-state index in [1.165, 1.54) is 0 Å². The summed E-state index contributed by atoms with van der Waals surface area (Å²) >= 11 is 13.2. The number of fused-ring (bicyclic) bond motifs is 1. The van der Waals surface area contributed by atoms with Gasteiger partial charge >= 0.3 is 0 Å². The van der Waals surface area contributed by atoms with E-state index in [0.29, 0.717) is 23.5 Å². The average molecular weight is 497 g/mol. The Labute approximate surface area is 202 Å². The Balaban J connectivity index is 1.98. The molecular formula is C24H31Cl2N3O2S. The molecule has 0 bridgehead atoms. The SMILES string of the molecule is CCn1cc(-c2cn(COCCS(C)(C)C)nc2Cl)c2cc(C#CC(C)(C)O)cc(Cl)c21. The highest BCUT2D eigenvalue weighted by atomic mass is 35.5.